The number of aliphatic hydroxyl groups excluding tert-OH is 3. The molecule has 21 atom stereocenters. The van der Waals surface area contributed by atoms with E-state index in [0.717, 1.165) is 25.0 Å². The molecule has 5 rings (SSSR count). The van der Waals surface area contributed by atoms with Gasteiger partial charge in [-0.15, -0.1) is 0 Å². The van der Waals surface area contributed by atoms with E-state index in [2.05, 4.69) is 16.0 Å². The summed E-state index contributed by atoms with van der Waals surface area (Å²) in [6, 6.07) is -0.801. The average Bonchev–Trinajstić information content (AvgIpc) is 3.85. The van der Waals surface area contributed by atoms with Crippen molar-refractivity contribution < 1.29 is 68.3 Å². The summed E-state index contributed by atoms with van der Waals surface area (Å²) in [7, 11) is 5.26. The van der Waals surface area contributed by atoms with Crippen LogP contribution in [0.5, 0.6) is 0 Å². The van der Waals surface area contributed by atoms with Gasteiger partial charge in [0.05, 0.1) is 53.6 Å². The number of fused-ring (bicyclic) bond motifs is 1. The third kappa shape index (κ3) is 14.3. The van der Waals surface area contributed by atoms with E-state index in [4.69, 9.17) is 28.4 Å². The Balaban J connectivity index is 1.39. The molecular weight excluding hydrogens is 927 g/mol. The van der Waals surface area contributed by atoms with Crippen molar-refractivity contribution in [3.05, 3.63) is 0 Å². The van der Waals surface area contributed by atoms with Crippen molar-refractivity contribution in [2.24, 2.45) is 17.8 Å². The molecule has 0 aromatic rings. The second-order valence-electron chi connectivity index (χ2n) is 22.3. The van der Waals surface area contributed by atoms with Crippen LogP contribution in [0.15, 0.2) is 0 Å². The van der Waals surface area contributed by atoms with Gasteiger partial charge in [0.2, 0.25) is 5.91 Å². The van der Waals surface area contributed by atoms with Gasteiger partial charge in [0.25, 0.3) is 0 Å². The molecule has 0 unspecified atom stereocenters. The monoisotopic (exact) mass is 1020 g/mol. The van der Waals surface area contributed by atoms with E-state index >= 15 is 0 Å². The maximum atomic E-state index is 14.6. The smallest absolute Gasteiger partial charge is 0.315 e. The molecule has 0 radical (unpaired) electrons. The topological polar surface area (TPSA) is 250 Å². The summed E-state index contributed by atoms with van der Waals surface area (Å²) in [5.41, 5.74) is -4.63. The van der Waals surface area contributed by atoms with Gasteiger partial charge in [-0.2, -0.15) is 11.8 Å². The lowest BCUT2D eigenvalue weighted by Crippen LogP contribution is -2.60. The molecular formula is C50H91N5O14S. The zero-order valence-electron chi connectivity index (χ0n) is 44.3. The van der Waals surface area contributed by atoms with Crippen molar-refractivity contribution in [1.82, 2.24) is 25.8 Å². The van der Waals surface area contributed by atoms with Gasteiger partial charge in [-0.05, 0) is 107 Å². The number of likely N-dealkylation sites (N-methyl/N-ethyl adjacent to an activating group) is 1. The first-order valence-corrected chi connectivity index (χ1v) is 27.0. The van der Waals surface area contributed by atoms with Crippen LogP contribution in [-0.4, -0.2) is 207 Å². The summed E-state index contributed by atoms with van der Waals surface area (Å²) in [6.45, 7) is 18.7. The number of carbonyl (C=O) groups excluding carboxylic acids is 3. The quantitative estimate of drug-likeness (QED) is 0.0629. The average molecular weight is 1020 g/mol. The molecule has 0 aromatic heterocycles. The Kier molecular flexibility index (Phi) is 21.1. The number of nitrogens with one attached hydrogen (secondary N) is 3. The van der Waals surface area contributed by atoms with Crippen LogP contribution in [0.2, 0.25) is 0 Å². The minimum atomic E-state index is -1.91. The fourth-order valence-corrected chi connectivity index (χ4v) is 13.3. The number of hydrogen-bond donors (Lipinski definition) is 8. The van der Waals surface area contributed by atoms with Crippen molar-refractivity contribution in [3.63, 3.8) is 0 Å². The van der Waals surface area contributed by atoms with Crippen molar-refractivity contribution in [1.29, 1.82) is 0 Å². The molecule has 5 fully saturated rings. The molecule has 5 heterocycles. The predicted octanol–water partition coefficient (Wildman–Crippen LogP) is 2.50. The third-order valence-corrected chi connectivity index (χ3v) is 17.6. The van der Waals surface area contributed by atoms with Gasteiger partial charge >= 0.3 is 12.0 Å². The first-order chi connectivity index (χ1) is 32.7. The highest BCUT2D eigenvalue weighted by atomic mass is 32.2. The van der Waals surface area contributed by atoms with E-state index in [0.29, 0.717) is 44.1 Å². The summed E-state index contributed by atoms with van der Waals surface area (Å²) in [4.78, 5) is 43.3. The normalized spacial score (nSPS) is 44.7. The van der Waals surface area contributed by atoms with Crippen molar-refractivity contribution in [2.45, 2.75) is 235 Å². The Hall–Kier alpha value is -1.92. The van der Waals surface area contributed by atoms with E-state index < -0.39 is 96.0 Å². The van der Waals surface area contributed by atoms with Gasteiger partial charge in [-0.3, -0.25) is 14.5 Å². The standard InChI is InChI=1S/C50H91N5O14S/c1-14-36-50(10,63)42(58)31(6)55(21-17-20-51-37(56)19-16-15-18-35-39-33(26-70-35)52-47(61)53-39)25-27(2)23-48(8,62)44(69-46-40(57)34(54(11)12)22-28(3)65-46)29(4)41(30(5)45(60)67-36)68-38-24-49(9,64-13)43(59)32(7)66-38/h27-36,38-44,46,57-59,62-63H,14-26H2,1-13H3,(H,51,56)(H2,52,53,61)/t27-,28-,29+,30-,31-,32+,33+,34+,35+,36-,38+,39+,40-,41+,42-,43+,44-,46+,48-,49-,50-/m1/s1. The number of esters is 1. The van der Waals surface area contributed by atoms with Gasteiger partial charge in [0, 0.05) is 68.6 Å². The number of amides is 3. The number of carbonyl (C=O) groups is 3. The van der Waals surface area contributed by atoms with Gasteiger partial charge in [0.15, 0.2) is 12.6 Å². The van der Waals surface area contributed by atoms with E-state index in [-0.39, 0.29) is 61.3 Å². The summed E-state index contributed by atoms with van der Waals surface area (Å²) >= 11 is 1.86. The molecule has 20 heteroatoms. The molecule has 5 saturated heterocycles. The molecule has 0 spiro atoms. The Morgan fingerprint density at radius 1 is 0.957 bits per heavy atom. The van der Waals surface area contributed by atoms with Crippen LogP contribution in [0.3, 0.4) is 0 Å². The molecule has 3 amide bonds. The predicted molar refractivity (Wildman–Crippen MR) is 265 cm³/mol. The fraction of sp³-hybridized carbons (Fsp3) is 0.940. The number of unbranched alkanes of at least 4 members (excludes halogenated alkanes) is 1. The summed E-state index contributed by atoms with van der Waals surface area (Å²) in [5.74, 6) is -2.03. The molecule has 19 nitrogen and oxygen atoms in total. The number of ether oxygens (including phenoxy) is 6. The zero-order chi connectivity index (χ0) is 52.0. The van der Waals surface area contributed by atoms with E-state index in [1.807, 2.05) is 63.4 Å². The van der Waals surface area contributed by atoms with Crippen LogP contribution < -0.4 is 16.0 Å². The van der Waals surface area contributed by atoms with Crippen LogP contribution in [-0.2, 0) is 38.0 Å². The number of methoxy groups -OCH3 is 1. The van der Waals surface area contributed by atoms with Crippen molar-refractivity contribution in [2.75, 3.05) is 46.6 Å². The second kappa shape index (κ2) is 25.1. The Morgan fingerprint density at radius 2 is 1.66 bits per heavy atom. The van der Waals surface area contributed by atoms with E-state index in [1.165, 1.54) is 14.0 Å². The highest BCUT2D eigenvalue weighted by Crippen LogP contribution is 2.41. The van der Waals surface area contributed by atoms with Crippen LogP contribution >= 0.6 is 11.8 Å². The Morgan fingerprint density at radius 3 is 2.31 bits per heavy atom. The first-order valence-electron chi connectivity index (χ1n) is 26.0. The minimum Gasteiger partial charge on any atom is -0.459 e. The molecule has 406 valence electrons. The summed E-state index contributed by atoms with van der Waals surface area (Å²) < 4.78 is 38.1. The lowest BCUT2D eigenvalue weighted by Gasteiger charge is -2.48. The number of cyclic esters (lactones) is 1. The lowest BCUT2D eigenvalue weighted by atomic mass is 9.77. The molecule has 0 aliphatic carbocycles. The molecule has 0 aromatic carbocycles. The number of nitrogens with zero attached hydrogens (tertiary/aromatic N) is 2. The molecule has 0 saturated carbocycles. The van der Waals surface area contributed by atoms with Crippen LogP contribution in [0.25, 0.3) is 0 Å². The Labute approximate surface area is 421 Å². The molecule has 0 bridgehead atoms. The maximum absolute atomic E-state index is 14.6. The number of thioether (sulfide) groups is 1. The second-order valence-corrected chi connectivity index (χ2v) is 23.6. The first kappa shape index (κ1) is 59.0. The highest BCUT2D eigenvalue weighted by Gasteiger charge is 2.53. The van der Waals surface area contributed by atoms with Gasteiger partial charge in [0.1, 0.15) is 30.0 Å². The number of urea groups is 1. The molecule has 70 heavy (non-hydrogen) atoms. The van der Waals surface area contributed by atoms with E-state index in [1.54, 1.807) is 34.6 Å². The summed E-state index contributed by atoms with van der Waals surface area (Å²) in [5, 5.41) is 69.4. The lowest BCUT2D eigenvalue weighted by molar-refractivity contribution is -0.318. The van der Waals surface area contributed by atoms with Gasteiger partial charge in [-0.1, -0.05) is 27.2 Å². The third-order valence-electron chi connectivity index (χ3n) is 16.1. The Bertz CT molecular complexity index is 1700. The summed E-state index contributed by atoms with van der Waals surface area (Å²) in [6.07, 6.45) is -5.58. The largest absolute Gasteiger partial charge is 0.459 e. The fourth-order valence-electron chi connectivity index (χ4n) is 11.8. The SMILES string of the molecule is CC[C@H]1OC(=O)[C@H](C)[C@@H](O[C@H]2C[C@@](C)(OC)[C@@H](O)[C@H](C)O2)[C@H](C)[C@@H](O[C@@H]2O[C@H](C)C[C@H](N(C)C)[C@H]2O)[C@](C)(O)C[C@@H](C)CN(CCCNC(=O)CCCC[C@@H]2SC[C@@H]3NC(=O)N[C@@H]32)[C@H](C)[C@@H](O)[C@]1(C)O. The molecule has 5 aliphatic rings. The maximum Gasteiger partial charge on any atom is 0.315 e. The zero-order valence-corrected chi connectivity index (χ0v) is 45.1. The van der Waals surface area contributed by atoms with Gasteiger partial charge < -0.3 is 74.8 Å². The van der Waals surface area contributed by atoms with Crippen molar-refractivity contribution >= 4 is 29.7 Å². The van der Waals surface area contributed by atoms with Gasteiger partial charge in [-0.25, -0.2) is 4.79 Å². The highest BCUT2D eigenvalue weighted by molar-refractivity contribution is 8.00. The molecule has 8 N–H and O–H groups in total. The van der Waals surface area contributed by atoms with Crippen LogP contribution in [0.4, 0.5) is 4.79 Å². The number of hydrogen-bond acceptors (Lipinski definition) is 17. The van der Waals surface area contributed by atoms with Crippen molar-refractivity contribution in [3.8, 4) is 0 Å². The number of rotatable bonds is 16. The van der Waals surface area contributed by atoms with E-state index in [9.17, 15) is 39.9 Å². The van der Waals surface area contributed by atoms with Crippen LogP contribution in [0, 0.1) is 17.8 Å². The van der Waals surface area contributed by atoms with Crippen LogP contribution in [0.1, 0.15) is 127 Å². The molecule has 5 aliphatic heterocycles. The number of aliphatic hydroxyl groups is 5. The minimum absolute atomic E-state index is 0.0530.